The Bertz CT molecular complexity index is 619. The first kappa shape index (κ1) is 22.5. The van der Waals surface area contributed by atoms with E-state index in [4.69, 9.17) is 9.47 Å². The normalized spacial score (nSPS) is 24.8. The third kappa shape index (κ3) is 5.00. The Morgan fingerprint density at radius 3 is 2.50 bits per heavy atom. The summed E-state index contributed by atoms with van der Waals surface area (Å²) in [6.45, 7) is 11.9. The molecule has 0 aromatic heterocycles. The highest BCUT2D eigenvalue weighted by molar-refractivity contribution is 5.76. The monoisotopic (exact) mass is 403 g/mol. The summed E-state index contributed by atoms with van der Waals surface area (Å²) in [5, 5.41) is 1.44. The van der Waals surface area contributed by atoms with Crippen molar-refractivity contribution in [3.8, 4) is 0 Å². The van der Waals surface area contributed by atoms with E-state index in [9.17, 15) is 18.4 Å². The van der Waals surface area contributed by atoms with E-state index in [-0.39, 0.29) is 19.7 Å². The molecular formula is C19H31F2N3O4. The van der Waals surface area contributed by atoms with Crippen molar-refractivity contribution < 1.29 is 27.8 Å². The highest BCUT2D eigenvalue weighted by atomic mass is 19.3. The van der Waals surface area contributed by atoms with Crippen molar-refractivity contribution in [3.05, 3.63) is 12.7 Å². The maximum atomic E-state index is 14.7. The van der Waals surface area contributed by atoms with Crippen LogP contribution in [0, 0.1) is 5.41 Å². The smallest absolute Gasteiger partial charge is 0.410 e. The first-order valence-electron chi connectivity index (χ1n) is 9.44. The fourth-order valence-electron chi connectivity index (χ4n) is 3.43. The van der Waals surface area contributed by atoms with Crippen LogP contribution >= 0.6 is 0 Å². The van der Waals surface area contributed by atoms with Gasteiger partial charge in [-0.1, -0.05) is 12.7 Å². The molecule has 0 bridgehead atoms. The van der Waals surface area contributed by atoms with Crippen LogP contribution in [0.1, 0.15) is 41.0 Å². The molecule has 2 saturated heterocycles. The number of nitrogens with one attached hydrogen (secondary N) is 1. The molecule has 2 aliphatic rings. The minimum absolute atomic E-state index is 0.109. The SMILES string of the molecule is C=CCOC(=O)C(C)(C)CCN1NC[C@@H]2[C@H]1C(F)(F)CN2C(=O)OC(C)(C)C. The van der Waals surface area contributed by atoms with Crippen LogP contribution in [0.25, 0.3) is 0 Å². The van der Waals surface area contributed by atoms with E-state index < -0.39 is 47.6 Å². The van der Waals surface area contributed by atoms with Gasteiger partial charge in [-0.3, -0.25) is 15.1 Å². The molecule has 0 radical (unpaired) electrons. The van der Waals surface area contributed by atoms with E-state index in [0.29, 0.717) is 6.42 Å². The van der Waals surface area contributed by atoms with E-state index in [1.165, 1.54) is 11.1 Å². The first-order chi connectivity index (χ1) is 12.8. The molecule has 7 nitrogen and oxygen atoms in total. The van der Waals surface area contributed by atoms with Gasteiger partial charge in [-0.25, -0.2) is 18.6 Å². The van der Waals surface area contributed by atoms with Gasteiger partial charge in [0.15, 0.2) is 0 Å². The number of hydrazine groups is 1. The van der Waals surface area contributed by atoms with Gasteiger partial charge >= 0.3 is 12.1 Å². The van der Waals surface area contributed by atoms with Crippen LogP contribution in [0.15, 0.2) is 12.7 Å². The van der Waals surface area contributed by atoms with Gasteiger partial charge in [0.2, 0.25) is 0 Å². The lowest BCUT2D eigenvalue weighted by Crippen LogP contribution is -2.49. The Labute approximate surface area is 165 Å². The van der Waals surface area contributed by atoms with Crippen molar-refractivity contribution in [1.29, 1.82) is 0 Å². The minimum Gasteiger partial charge on any atom is -0.461 e. The van der Waals surface area contributed by atoms with Crippen LogP contribution in [0.3, 0.4) is 0 Å². The highest BCUT2D eigenvalue weighted by Crippen LogP contribution is 2.39. The third-order valence-corrected chi connectivity index (χ3v) is 4.91. The van der Waals surface area contributed by atoms with Gasteiger partial charge in [-0.2, -0.15) is 0 Å². The average molecular weight is 403 g/mol. The molecule has 9 heteroatoms. The fourth-order valence-corrected chi connectivity index (χ4v) is 3.43. The first-order valence-corrected chi connectivity index (χ1v) is 9.44. The second-order valence-corrected chi connectivity index (χ2v) is 8.96. The number of rotatable bonds is 6. The molecule has 2 fully saturated rings. The number of hydrogen-bond donors (Lipinski definition) is 1. The number of carbonyl (C=O) groups excluding carboxylic acids is 2. The number of halogens is 2. The van der Waals surface area contributed by atoms with Gasteiger partial charge in [-0.15, -0.1) is 0 Å². The van der Waals surface area contributed by atoms with Crippen molar-refractivity contribution in [1.82, 2.24) is 15.3 Å². The maximum absolute atomic E-state index is 14.7. The molecule has 2 rings (SSSR count). The third-order valence-electron chi connectivity index (χ3n) is 4.91. The second-order valence-electron chi connectivity index (χ2n) is 8.96. The number of esters is 1. The molecule has 2 heterocycles. The van der Waals surface area contributed by atoms with Gasteiger partial charge in [0.25, 0.3) is 5.92 Å². The summed E-state index contributed by atoms with van der Waals surface area (Å²) >= 11 is 0. The molecule has 160 valence electrons. The largest absolute Gasteiger partial charge is 0.461 e. The Kier molecular flexibility index (Phi) is 6.40. The fraction of sp³-hybridized carbons (Fsp3) is 0.789. The van der Waals surface area contributed by atoms with E-state index in [1.807, 2.05) is 0 Å². The van der Waals surface area contributed by atoms with Crippen LogP contribution in [-0.2, 0) is 14.3 Å². The van der Waals surface area contributed by atoms with Gasteiger partial charge in [-0.05, 0) is 41.0 Å². The predicted molar refractivity (Wildman–Crippen MR) is 99.7 cm³/mol. The average Bonchev–Trinajstić information content (AvgIpc) is 3.09. The van der Waals surface area contributed by atoms with Crippen molar-refractivity contribution in [3.63, 3.8) is 0 Å². The van der Waals surface area contributed by atoms with Gasteiger partial charge in [0.05, 0.1) is 18.0 Å². The zero-order valence-corrected chi connectivity index (χ0v) is 17.3. The van der Waals surface area contributed by atoms with Crippen LogP contribution in [0.5, 0.6) is 0 Å². The number of amides is 1. The van der Waals surface area contributed by atoms with Crippen LogP contribution in [-0.4, -0.2) is 71.8 Å². The summed E-state index contributed by atoms with van der Waals surface area (Å²) in [6.07, 6.45) is 1.06. The number of nitrogens with zero attached hydrogens (tertiary/aromatic N) is 2. The second kappa shape index (κ2) is 7.94. The molecule has 28 heavy (non-hydrogen) atoms. The number of hydrogen-bond acceptors (Lipinski definition) is 6. The number of likely N-dealkylation sites (tertiary alicyclic amines) is 1. The molecule has 1 amide bonds. The highest BCUT2D eigenvalue weighted by Gasteiger charge is 2.61. The topological polar surface area (TPSA) is 71.1 Å². The quantitative estimate of drug-likeness (QED) is 0.543. The minimum atomic E-state index is -3.08. The molecule has 0 unspecified atom stereocenters. The number of carbonyl (C=O) groups is 2. The molecule has 1 N–H and O–H groups in total. The zero-order chi connectivity index (χ0) is 21.3. The molecular weight excluding hydrogens is 372 g/mol. The Morgan fingerprint density at radius 1 is 1.29 bits per heavy atom. The Balaban J connectivity index is 2.03. The molecule has 2 atom stereocenters. The summed E-state index contributed by atoms with van der Waals surface area (Å²) in [5.41, 5.74) is 1.36. The summed E-state index contributed by atoms with van der Waals surface area (Å²) in [4.78, 5) is 25.6. The maximum Gasteiger partial charge on any atom is 0.410 e. The number of ether oxygens (including phenoxy) is 2. The molecule has 2 aliphatic heterocycles. The zero-order valence-electron chi connectivity index (χ0n) is 17.3. The van der Waals surface area contributed by atoms with E-state index in [0.717, 1.165) is 4.90 Å². The lowest BCUT2D eigenvalue weighted by Gasteiger charge is -2.30. The van der Waals surface area contributed by atoms with E-state index in [2.05, 4.69) is 12.0 Å². The van der Waals surface area contributed by atoms with Gasteiger partial charge < -0.3 is 9.47 Å². The Hall–Kier alpha value is -1.74. The van der Waals surface area contributed by atoms with Crippen LogP contribution in [0.4, 0.5) is 13.6 Å². The lowest BCUT2D eigenvalue weighted by atomic mass is 9.89. The van der Waals surface area contributed by atoms with E-state index in [1.54, 1.807) is 34.6 Å². The van der Waals surface area contributed by atoms with Crippen LogP contribution < -0.4 is 5.43 Å². The molecule has 0 aliphatic carbocycles. The van der Waals surface area contributed by atoms with Crippen molar-refractivity contribution in [2.45, 2.75) is 64.6 Å². The van der Waals surface area contributed by atoms with Crippen LogP contribution in [0.2, 0.25) is 0 Å². The molecule has 0 spiro atoms. The summed E-state index contributed by atoms with van der Waals surface area (Å²) in [6, 6.07) is -1.86. The van der Waals surface area contributed by atoms with Crippen molar-refractivity contribution in [2.75, 3.05) is 26.2 Å². The van der Waals surface area contributed by atoms with Crippen molar-refractivity contribution >= 4 is 12.1 Å². The summed E-state index contributed by atoms with van der Waals surface area (Å²) in [7, 11) is 0. The molecule has 0 aromatic rings. The van der Waals surface area contributed by atoms with Gasteiger partial charge in [0, 0.05) is 13.1 Å². The number of fused-ring (bicyclic) bond motifs is 1. The summed E-state index contributed by atoms with van der Waals surface area (Å²) < 4.78 is 39.8. The standard InChI is InChI=1S/C19H31F2N3O4/c1-7-10-27-15(25)18(5,6)8-9-24-14-13(11-22-24)23(12-19(14,20)21)16(26)28-17(2,3)4/h7,13-14,22H,1,8-12H2,2-6H3/t13-,14+/m1/s1. The van der Waals surface area contributed by atoms with Gasteiger partial charge in [0.1, 0.15) is 18.2 Å². The summed E-state index contributed by atoms with van der Waals surface area (Å²) in [5.74, 6) is -3.49. The molecule has 0 saturated carbocycles. The lowest BCUT2D eigenvalue weighted by molar-refractivity contribution is -0.153. The van der Waals surface area contributed by atoms with E-state index >= 15 is 0 Å². The van der Waals surface area contributed by atoms with Crippen molar-refractivity contribution in [2.24, 2.45) is 5.41 Å². The predicted octanol–water partition coefficient (Wildman–Crippen LogP) is 2.58. The number of alkyl halides is 2. The molecule has 0 aromatic carbocycles. The Morgan fingerprint density at radius 2 is 1.93 bits per heavy atom.